The molecule has 0 spiro atoms. The Bertz CT molecular complexity index is 664. The molecule has 0 unspecified atom stereocenters. The molecule has 1 aliphatic carbocycles. The molecule has 1 atom stereocenters. The van der Waals surface area contributed by atoms with E-state index in [1.54, 1.807) is 0 Å². The van der Waals surface area contributed by atoms with Crippen LogP contribution in [0.15, 0.2) is 24.3 Å². The molecular formula is C17H22N4O4. The normalized spacial score (nSPS) is 19.3. The second-order valence-corrected chi connectivity index (χ2v) is 6.60. The topological polar surface area (TPSA) is 95.8 Å². The Morgan fingerprint density at radius 1 is 1.16 bits per heavy atom. The third-order valence-corrected chi connectivity index (χ3v) is 4.83. The van der Waals surface area contributed by atoms with Crippen LogP contribution in [-0.4, -0.2) is 58.8 Å². The third-order valence-electron chi connectivity index (χ3n) is 4.83. The van der Waals surface area contributed by atoms with Gasteiger partial charge in [0, 0.05) is 49.9 Å². The fourth-order valence-corrected chi connectivity index (χ4v) is 3.00. The molecule has 134 valence electrons. The van der Waals surface area contributed by atoms with Gasteiger partial charge < -0.3 is 10.2 Å². The first-order valence-electron chi connectivity index (χ1n) is 8.54. The molecule has 1 saturated carbocycles. The molecule has 1 N–H and O–H groups in total. The third kappa shape index (κ3) is 4.14. The van der Waals surface area contributed by atoms with Gasteiger partial charge in [0.15, 0.2) is 0 Å². The summed E-state index contributed by atoms with van der Waals surface area (Å²) in [6.45, 7) is 4.49. The van der Waals surface area contributed by atoms with Crippen molar-refractivity contribution in [2.75, 3.05) is 31.5 Å². The quantitative estimate of drug-likeness (QED) is 0.643. The van der Waals surface area contributed by atoms with Crippen molar-refractivity contribution in [1.82, 2.24) is 9.80 Å². The lowest BCUT2D eigenvalue weighted by Crippen LogP contribution is -2.54. The van der Waals surface area contributed by atoms with Gasteiger partial charge in [0.1, 0.15) is 0 Å². The predicted octanol–water partition coefficient (Wildman–Crippen LogP) is 1.48. The van der Waals surface area contributed by atoms with E-state index in [0.717, 1.165) is 12.8 Å². The molecule has 0 radical (unpaired) electrons. The second kappa shape index (κ2) is 7.18. The molecule has 25 heavy (non-hydrogen) atoms. The summed E-state index contributed by atoms with van der Waals surface area (Å²) in [5.41, 5.74) is 0.521. The van der Waals surface area contributed by atoms with Gasteiger partial charge in [-0.15, -0.1) is 0 Å². The average Bonchev–Trinajstić information content (AvgIpc) is 3.46. The van der Waals surface area contributed by atoms with Crippen molar-refractivity contribution < 1.29 is 14.5 Å². The SMILES string of the molecule is C[C@@H](C(=O)Nc1ccc([N+](=O)[O-])cc1)N1CCN(C(=O)C2CC2)CC1. The van der Waals surface area contributed by atoms with Gasteiger partial charge >= 0.3 is 0 Å². The fourth-order valence-electron chi connectivity index (χ4n) is 3.00. The van der Waals surface area contributed by atoms with Crippen LogP contribution in [0.5, 0.6) is 0 Å². The van der Waals surface area contributed by atoms with Gasteiger partial charge in [-0.3, -0.25) is 24.6 Å². The highest BCUT2D eigenvalue weighted by molar-refractivity contribution is 5.94. The lowest BCUT2D eigenvalue weighted by atomic mass is 10.2. The van der Waals surface area contributed by atoms with Gasteiger partial charge in [0.05, 0.1) is 11.0 Å². The maximum absolute atomic E-state index is 12.4. The largest absolute Gasteiger partial charge is 0.340 e. The highest BCUT2D eigenvalue weighted by Crippen LogP contribution is 2.31. The number of carbonyl (C=O) groups excluding carboxylic acids is 2. The number of hydrogen-bond acceptors (Lipinski definition) is 5. The molecule has 0 bridgehead atoms. The molecule has 2 aliphatic rings. The summed E-state index contributed by atoms with van der Waals surface area (Å²) in [4.78, 5) is 38.6. The van der Waals surface area contributed by atoms with E-state index in [0.29, 0.717) is 31.9 Å². The zero-order valence-electron chi connectivity index (χ0n) is 14.2. The molecule has 1 aliphatic heterocycles. The van der Waals surface area contributed by atoms with Gasteiger partial charge in [-0.1, -0.05) is 0 Å². The van der Waals surface area contributed by atoms with Crippen molar-refractivity contribution in [3.05, 3.63) is 34.4 Å². The predicted molar refractivity (Wildman–Crippen MR) is 92.1 cm³/mol. The lowest BCUT2D eigenvalue weighted by Gasteiger charge is -2.37. The number of rotatable bonds is 5. The number of non-ortho nitro benzene ring substituents is 1. The molecule has 3 rings (SSSR count). The molecule has 1 aromatic carbocycles. The van der Waals surface area contributed by atoms with Crippen LogP contribution in [0.25, 0.3) is 0 Å². The van der Waals surface area contributed by atoms with Crippen molar-refractivity contribution in [2.24, 2.45) is 5.92 Å². The fraction of sp³-hybridized carbons (Fsp3) is 0.529. The minimum Gasteiger partial charge on any atom is -0.340 e. The Morgan fingerprint density at radius 2 is 1.76 bits per heavy atom. The van der Waals surface area contributed by atoms with Gasteiger partial charge in [0.25, 0.3) is 5.69 Å². The summed E-state index contributed by atoms with van der Waals surface area (Å²) < 4.78 is 0. The first kappa shape index (κ1) is 17.3. The minimum absolute atomic E-state index is 0.0116. The van der Waals surface area contributed by atoms with Crippen LogP contribution in [0.1, 0.15) is 19.8 Å². The number of nitrogens with zero attached hydrogens (tertiary/aromatic N) is 3. The summed E-state index contributed by atoms with van der Waals surface area (Å²) in [6, 6.07) is 5.45. The Hall–Kier alpha value is -2.48. The van der Waals surface area contributed by atoms with Crippen molar-refractivity contribution in [3.8, 4) is 0 Å². The van der Waals surface area contributed by atoms with E-state index in [1.807, 2.05) is 11.8 Å². The van der Waals surface area contributed by atoms with Gasteiger partial charge in [-0.05, 0) is 31.9 Å². The smallest absolute Gasteiger partial charge is 0.269 e. The number of amides is 2. The van der Waals surface area contributed by atoms with Crippen LogP contribution in [-0.2, 0) is 9.59 Å². The number of piperazine rings is 1. The van der Waals surface area contributed by atoms with Crippen molar-refractivity contribution in [2.45, 2.75) is 25.8 Å². The van der Waals surface area contributed by atoms with E-state index >= 15 is 0 Å². The van der Waals surface area contributed by atoms with Crippen molar-refractivity contribution in [1.29, 1.82) is 0 Å². The number of nitrogens with one attached hydrogen (secondary N) is 1. The van der Waals surface area contributed by atoms with Crippen molar-refractivity contribution >= 4 is 23.2 Å². The molecule has 1 heterocycles. The molecule has 1 saturated heterocycles. The Kier molecular flexibility index (Phi) is 4.98. The number of nitro benzene ring substituents is 1. The Balaban J connectivity index is 1.50. The average molecular weight is 346 g/mol. The summed E-state index contributed by atoms with van der Waals surface area (Å²) in [6.07, 6.45) is 2.01. The van der Waals surface area contributed by atoms with Crippen molar-refractivity contribution in [3.63, 3.8) is 0 Å². The zero-order chi connectivity index (χ0) is 18.0. The number of carbonyl (C=O) groups is 2. The highest BCUT2D eigenvalue weighted by atomic mass is 16.6. The first-order valence-corrected chi connectivity index (χ1v) is 8.54. The van der Waals surface area contributed by atoms with Crippen LogP contribution >= 0.6 is 0 Å². The zero-order valence-corrected chi connectivity index (χ0v) is 14.2. The molecule has 1 aromatic rings. The number of nitro groups is 1. The van der Waals surface area contributed by atoms with Gasteiger partial charge in [-0.25, -0.2) is 0 Å². The maximum Gasteiger partial charge on any atom is 0.269 e. The highest BCUT2D eigenvalue weighted by Gasteiger charge is 2.35. The van der Waals surface area contributed by atoms with Gasteiger partial charge in [-0.2, -0.15) is 0 Å². The van der Waals surface area contributed by atoms with E-state index in [9.17, 15) is 19.7 Å². The summed E-state index contributed by atoms with van der Waals surface area (Å²) in [5, 5.41) is 13.4. The summed E-state index contributed by atoms with van der Waals surface area (Å²) >= 11 is 0. The molecular weight excluding hydrogens is 324 g/mol. The molecule has 2 fully saturated rings. The maximum atomic E-state index is 12.4. The van der Waals surface area contributed by atoms with E-state index in [2.05, 4.69) is 10.2 Å². The number of anilines is 1. The van der Waals surface area contributed by atoms with E-state index in [-0.39, 0.29) is 29.5 Å². The van der Waals surface area contributed by atoms with Gasteiger partial charge in [0.2, 0.25) is 11.8 Å². The number of benzene rings is 1. The summed E-state index contributed by atoms with van der Waals surface area (Å²) in [5.74, 6) is 0.327. The van der Waals surface area contributed by atoms with Crippen LogP contribution < -0.4 is 5.32 Å². The van der Waals surface area contributed by atoms with Crippen LogP contribution in [0.3, 0.4) is 0 Å². The standard InChI is InChI=1S/C17H22N4O4/c1-12(16(22)18-14-4-6-15(7-5-14)21(24)25)19-8-10-20(11-9-19)17(23)13-2-3-13/h4-7,12-13H,2-3,8-11H2,1H3,(H,18,22)/t12-/m0/s1. The summed E-state index contributed by atoms with van der Waals surface area (Å²) in [7, 11) is 0. The van der Waals surface area contributed by atoms with E-state index in [4.69, 9.17) is 0 Å². The Labute approximate surface area is 145 Å². The van der Waals surface area contributed by atoms with E-state index < -0.39 is 4.92 Å². The second-order valence-electron chi connectivity index (χ2n) is 6.60. The number of hydrogen-bond donors (Lipinski definition) is 1. The molecule has 8 heteroatoms. The van der Waals surface area contributed by atoms with Crippen LogP contribution in [0, 0.1) is 16.0 Å². The lowest BCUT2D eigenvalue weighted by molar-refractivity contribution is -0.384. The monoisotopic (exact) mass is 346 g/mol. The minimum atomic E-state index is -0.476. The molecule has 8 nitrogen and oxygen atoms in total. The first-order chi connectivity index (χ1) is 12.0. The Morgan fingerprint density at radius 3 is 2.28 bits per heavy atom. The van der Waals surface area contributed by atoms with E-state index in [1.165, 1.54) is 24.3 Å². The van der Waals surface area contributed by atoms with Crippen LogP contribution in [0.2, 0.25) is 0 Å². The van der Waals surface area contributed by atoms with Crippen LogP contribution in [0.4, 0.5) is 11.4 Å². The molecule has 2 amide bonds. The molecule has 0 aromatic heterocycles.